The van der Waals surface area contributed by atoms with Crippen molar-refractivity contribution in [3.8, 4) is 0 Å². The van der Waals surface area contributed by atoms with Crippen LogP contribution in [0.25, 0.3) is 0 Å². The number of carbonyl (C=O) groups excluding carboxylic acids is 3. The first-order valence-corrected chi connectivity index (χ1v) is 12.6. The summed E-state index contributed by atoms with van der Waals surface area (Å²) < 4.78 is 0. The highest BCUT2D eigenvalue weighted by Crippen LogP contribution is 2.64. The summed E-state index contributed by atoms with van der Waals surface area (Å²) in [6.45, 7) is 17.3. The zero-order valence-electron chi connectivity index (χ0n) is 22.7. The molecule has 3 unspecified atom stereocenters. The normalized spacial score (nSPS) is 28.6. The molecule has 34 heavy (non-hydrogen) atoms. The van der Waals surface area contributed by atoms with Crippen molar-refractivity contribution in [1.29, 1.82) is 0 Å². The first-order valence-electron chi connectivity index (χ1n) is 12.6. The van der Waals surface area contributed by atoms with Crippen LogP contribution >= 0.6 is 0 Å². The molecular formula is C30H44O4. The highest BCUT2D eigenvalue weighted by Gasteiger charge is 2.73. The lowest BCUT2D eigenvalue weighted by Crippen LogP contribution is -2.68. The Kier molecular flexibility index (Phi) is 8.38. The fourth-order valence-electron chi connectivity index (χ4n) is 5.76. The fraction of sp³-hybridized carbons (Fsp3) is 0.633. The third-order valence-electron chi connectivity index (χ3n) is 7.85. The lowest BCUT2D eigenvalue weighted by molar-refractivity contribution is -0.173. The molecule has 1 fully saturated rings. The second kappa shape index (κ2) is 10.2. The summed E-state index contributed by atoms with van der Waals surface area (Å²) in [7, 11) is 0. The summed E-state index contributed by atoms with van der Waals surface area (Å²) in [6, 6.07) is 0. The van der Waals surface area contributed by atoms with Crippen LogP contribution in [-0.2, 0) is 14.4 Å². The van der Waals surface area contributed by atoms with E-state index in [-0.39, 0.29) is 29.3 Å². The average molecular weight is 469 g/mol. The number of ketones is 3. The third kappa shape index (κ3) is 4.53. The first kappa shape index (κ1) is 28.0. The van der Waals surface area contributed by atoms with Crippen LogP contribution in [0.5, 0.6) is 0 Å². The van der Waals surface area contributed by atoms with Crippen molar-refractivity contribution in [3.05, 3.63) is 46.3 Å². The maximum absolute atomic E-state index is 14.5. The fourth-order valence-corrected chi connectivity index (χ4v) is 5.76. The van der Waals surface area contributed by atoms with Crippen LogP contribution in [0.15, 0.2) is 46.3 Å². The van der Waals surface area contributed by atoms with Gasteiger partial charge in [0.05, 0.1) is 5.41 Å². The molecule has 2 bridgehead atoms. The molecule has 0 heterocycles. The number of Topliss-reactive ketones (excluding diaryl/α,β-unsaturated/α-hetero) is 3. The molecule has 0 spiro atoms. The predicted molar refractivity (Wildman–Crippen MR) is 138 cm³/mol. The lowest BCUT2D eigenvalue weighted by atomic mass is 9.41. The molecule has 0 amide bonds. The molecule has 4 heteroatoms. The molecule has 0 aliphatic heterocycles. The van der Waals surface area contributed by atoms with E-state index in [0.29, 0.717) is 32.1 Å². The molecule has 0 aromatic rings. The highest BCUT2D eigenvalue weighted by molar-refractivity contribution is 6.33. The van der Waals surface area contributed by atoms with Gasteiger partial charge >= 0.3 is 0 Å². The van der Waals surface area contributed by atoms with Crippen molar-refractivity contribution in [2.24, 2.45) is 22.2 Å². The number of hydrogen-bond acceptors (Lipinski definition) is 4. The Morgan fingerprint density at radius 1 is 0.941 bits per heavy atom. The number of carbonyl (C=O) groups is 3. The zero-order chi connectivity index (χ0) is 26.1. The van der Waals surface area contributed by atoms with Crippen molar-refractivity contribution in [1.82, 2.24) is 0 Å². The minimum atomic E-state index is -1.76. The summed E-state index contributed by atoms with van der Waals surface area (Å²) in [4.78, 5) is 42.9. The van der Waals surface area contributed by atoms with Crippen molar-refractivity contribution >= 4 is 17.3 Å². The van der Waals surface area contributed by atoms with Crippen LogP contribution in [0.4, 0.5) is 0 Å². The molecule has 2 aliphatic rings. The van der Waals surface area contributed by atoms with Crippen LogP contribution in [-0.4, -0.2) is 22.5 Å². The molecule has 0 saturated heterocycles. The van der Waals surface area contributed by atoms with Gasteiger partial charge in [0.15, 0.2) is 22.8 Å². The molecule has 1 saturated carbocycles. The van der Waals surface area contributed by atoms with Crippen LogP contribution in [0, 0.1) is 22.2 Å². The Balaban J connectivity index is 2.90. The number of fused-ring (bicyclic) bond motifs is 2. The van der Waals surface area contributed by atoms with Crippen molar-refractivity contribution in [2.45, 2.75) is 101 Å². The molecule has 2 aliphatic carbocycles. The molecule has 188 valence electrons. The summed E-state index contributed by atoms with van der Waals surface area (Å²) in [5.74, 6) is -1.74. The van der Waals surface area contributed by atoms with Gasteiger partial charge in [0.25, 0.3) is 0 Å². The van der Waals surface area contributed by atoms with Gasteiger partial charge in [-0.2, -0.15) is 0 Å². The van der Waals surface area contributed by atoms with Gasteiger partial charge in [0.2, 0.25) is 0 Å². The topological polar surface area (TPSA) is 71.4 Å². The summed E-state index contributed by atoms with van der Waals surface area (Å²) in [5, 5.41) is 11.5. The Bertz CT molecular complexity index is 977. The summed E-state index contributed by atoms with van der Waals surface area (Å²) >= 11 is 0. The van der Waals surface area contributed by atoms with Crippen molar-refractivity contribution in [2.75, 3.05) is 0 Å². The van der Waals surface area contributed by atoms with E-state index in [4.69, 9.17) is 0 Å². The second-order valence-electron chi connectivity index (χ2n) is 11.7. The maximum atomic E-state index is 14.5. The standard InChI is InChI=1S/C30H44O4/c1-19(2)11-10-15-28(9)17-18-29(16-14-21(5)6)25(32)23(13-12-20(3)4)26(33)30(28,27(29)34)24(31)22(7)8/h11-12,14,22,32H,10,13,15-18H2,1-9H3. The van der Waals surface area contributed by atoms with Gasteiger partial charge in [-0.3, -0.25) is 14.4 Å². The third-order valence-corrected chi connectivity index (χ3v) is 7.85. The van der Waals surface area contributed by atoms with Gasteiger partial charge in [-0.05, 0) is 85.5 Å². The number of allylic oxidation sites excluding steroid dienone is 8. The zero-order valence-corrected chi connectivity index (χ0v) is 22.7. The van der Waals surface area contributed by atoms with E-state index in [1.807, 2.05) is 60.6 Å². The largest absolute Gasteiger partial charge is 0.511 e. The molecule has 0 aromatic carbocycles. The van der Waals surface area contributed by atoms with E-state index in [2.05, 4.69) is 6.08 Å². The van der Waals surface area contributed by atoms with E-state index < -0.39 is 27.9 Å². The lowest BCUT2D eigenvalue weighted by Gasteiger charge is -2.57. The van der Waals surface area contributed by atoms with E-state index in [9.17, 15) is 19.5 Å². The molecule has 0 aromatic heterocycles. The Labute approximate surface area is 206 Å². The van der Waals surface area contributed by atoms with Gasteiger partial charge in [-0.15, -0.1) is 0 Å². The maximum Gasteiger partial charge on any atom is 0.184 e. The van der Waals surface area contributed by atoms with Gasteiger partial charge in [-0.1, -0.05) is 55.7 Å². The average Bonchev–Trinajstić information content (AvgIpc) is 2.72. The van der Waals surface area contributed by atoms with Crippen molar-refractivity contribution < 1.29 is 19.5 Å². The van der Waals surface area contributed by atoms with E-state index in [1.165, 1.54) is 5.57 Å². The van der Waals surface area contributed by atoms with Crippen LogP contribution in [0.1, 0.15) is 101 Å². The van der Waals surface area contributed by atoms with E-state index in [1.54, 1.807) is 13.8 Å². The van der Waals surface area contributed by atoms with E-state index in [0.717, 1.165) is 11.1 Å². The quantitative estimate of drug-likeness (QED) is 0.282. The highest BCUT2D eigenvalue weighted by atomic mass is 16.3. The number of aliphatic hydroxyl groups is 1. The molecule has 1 N–H and O–H groups in total. The van der Waals surface area contributed by atoms with Crippen LogP contribution in [0.3, 0.4) is 0 Å². The van der Waals surface area contributed by atoms with Gasteiger partial charge < -0.3 is 5.11 Å². The summed E-state index contributed by atoms with van der Waals surface area (Å²) in [5.41, 5.74) is -0.327. The second-order valence-corrected chi connectivity index (χ2v) is 11.7. The Hall–Kier alpha value is -2.23. The van der Waals surface area contributed by atoms with Crippen molar-refractivity contribution in [3.63, 3.8) is 0 Å². The Morgan fingerprint density at radius 3 is 2.00 bits per heavy atom. The van der Waals surface area contributed by atoms with Crippen LogP contribution in [0.2, 0.25) is 0 Å². The molecule has 3 atom stereocenters. The molecule has 4 nitrogen and oxygen atoms in total. The van der Waals surface area contributed by atoms with Gasteiger partial charge in [0.1, 0.15) is 5.76 Å². The van der Waals surface area contributed by atoms with Crippen LogP contribution < -0.4 is 0 Å². The van der Waals surface area contributed by atoms with Gasteiger partial charge in [-0.25, -0.2) is 0 Å². The number of hydrogen-bond donors (Lipinski definition) is 1. The SMILES string of the molecule is CC(C)=CCCC1(C)CCC2(CC=C(C)C)C(=O)C1(C(=O)C(C)C)C(=O)C(CC=C(C)C)=C2O. The predicted octanol–water partition coefficient (Wildman–Crippen LogP) is 7.41. The van der Waals surface area contributed by atoms with Gasteiger partial charge in [0, 0.05) is 11.5 Å². The van der Waals surface area contributed by atoms with E-state index >= 15 is 0 Å². The summed E-state index contributed by atoms with van der Waals surface area (Å²) in [6.07, 6.45) is 8.75. The smallest absolute Gasteiger partial charge is 0.184 e. The minimum Gasteiger partial charge on any atom is -0.511 e. The monoisotopic (exact) mass is 468 g/mol. The molecule has 2 rings (SSSR count). The first-order chi connectivity index (χ1) is 15.7. The Morgan fingerprint density at radius 2 is 1.50 bits per heavy atom. The molecule has 0 radical (unpaired) electrons. The molecular weight excluding hydrogens is 424 g/mol. The number of rotatable bonds is 9. The number of aliphatic hydroxyl groups excluding tert-OH is 1. The minimum absolute atomic E-state index is 0.115.